The summed E-state index contributed by atoms with van der Waals surface area (Å²) in [6.45, 7) is 0.580. The summed E-state index contributed by atoms with van der Waals surface area (Å²) >= 11 is 0. The normalized spacial score (nSPS) is 14.2. The minimum absolute atomic E-state index is 0.186. The van der Waals surface area contributed by atoms with Gasteiger partial charge in [-0.1, -0.05) is 36.8 Å². The van der Waals surface area contributed by atoms with Crippen LogP contribution in [0.5, 0.6) is 5.75 Å². The molecule has 3 heteroatoms. The van der Waals surface area contributed by atoms with Gasteiger partial charge in [-0.3, -0.25) is 4.79 Å². The third-order valence-corrected chi connectivity index (χ3v) is 4.26. The first-order valence-electron chi connectivity index (χ1n) is 7.77. The standard InChI is InChI=1S/C19H21NO2/c1-22-18-12-5-7-15(13-18)14-20(17-10-3-2-4-11-17)19(21)16-8-6-9-16/h2-5,7,10-13,16H,6,8-9,14H2,1H3. The highest BCUT2D eigenvalue weighted by atomic mass is 16.5. The van der Waals surface area contributed by atoms with Crippen molar-refractivity contribution in [2.75, 3.05) is 12.0 Å². The quantitative estimate of drug-likeness (QED) is 0.833. The average molecular weight is 295 g/mol. The third-order valence-electron chi connectivity index (χ3n) is 4.26. The van der Waals surface area contributed by atoms with Crippen molar-refractivity contribution in [3.63, 3.8) is 0 Å². The fraction of sp³-hybridized carbons (Fsp3) is 0.316. The Morgan fingerprint density at radius 3 is 2.55 bits per heavy atom. The van der Waals surface area contributed by atoms with Crippen molar-refractivity contribution in [1.29, 1.82) is 0 Å². The third kappa shape index (κ3) is 3.14. The first-order chi connectivity index (χ1) is 10.8. The second-order valence-electron chi connectivity index (χ2n) is 5.74. The zero-order valence-electron chi connectivity index (χ0n) is 12.9. The fourth-order valence-electron chi connectivity index (χ4n) is 2.73. The number of amides is 1. The number of para-hydroxylation sites is 1. The van der Waals surface area contributed by atoms with E-state index in [1.165, 1.54) is 0 Å². The lowest BCUT2D eigenvalue weighted by Gasteiger charge is -2.32. The molecular formula is C19H21NO2. The van der Waals surface area contributed by atoms with Crippen LogP contribution in [0.3, 0.4) is 0 Å². The maximum Gasteiger partial charge on any atom is 0.230 e. The number of hydrogen-bond donors (Lipinski definition) is 0. The van der Waals surface area contributed by atoms with E-state index in [1.807, 2.05) is 59.5 Å². The van der Waals surface area contributed by atoms with E-state index in [0.717, 1.165) is 36.3 Å². The second-order valence-corrected chi connectivity index (χ2v) is 5.74. The Morgan fingerprint density at radius 1 is 1.14 bits per heavy atom. The van der Waals surface area contributed by atoms with Crippen molar-refractivity contribution in [3.05, 3.63) is 60.2 Å². The number of anilines is 1. The number of nitrogens with zero attached hydrogens (tertiary/aromatic N) is 1. The molecule has 1 fully saturated rings. The number of rotatable bonds is 5. The minimum atomic E-state index is 0.186. The summed E-state index contributed by atoms with van der Waals surface area (Å²) in [6, 6.07) is 17.8. The SMILES string of the molecule is COc1cccc(CN(C(=O)C2CCC2)c2ccccc2)c1. The Hall–Kier alpha value is -2.29. The summed E-state index contributed by atoms with van der Waals surface area (Å²) in [5, 5.41) is 0. The van der Waals surface area contributed by atoms with E-state index in [1.54, 1.807) is 7.11 Å². The zero-order chi connectivity index (χ0) is 15.4. The van der Waals surface area contributed by atoms with Gasteiger partial charge in [0.2, 0.25) is 5.91 Å². The molecule has 0 saturated heterocycles. The van der Waals surface area contributed by atoms with E-state index >= 15 is 0 Å². The Balaban J connectivity index is 1.86. The van der Waals surface area contributed by atoms with Crippen LogP contribution < -0.4 is 9.64 Å². The van der Waals surface area contributed by atoms with Crippen molar-refractivity contribution in [2.45, 2.75) is 25.8 Å². The molecule has 1 saturated carbocycles. The molecular weight excluding hydrogens is 274 g/mol. The highest BCUT2D eigenvalue weighted by Gasteiger charge is 2.30. The maximum absolute atomic E-state index is 12.8. The molecule has 2 aromatic rings. The first-order valence-corrected chi connectivity index (χ1v) is 7.77. The van der Waals surface area contributed by atoms with Gasteiger partial charge < -0.3 is 9.64 Å². The Bertz CT molecular complexity index is 635. The van der Waals surface area contributed by atoms with Crippen molar-refractivity contribution in [2.24, 2.45) is 5.92 Å². The Labute approximate surface area is 131 Å². The van der Waals surface area contributed by atoms with Crippen molar-refractivity contribution in [3.8, 4) is 5.75 Å². The monoisotopic (exact) mass is 295 g/mol. The lowest BCUT2D eigenvalue weighted by molar-refractivity contribution is -0.124. The molecule has 1 amide bonds. The molecule has 1 aliphatic carbocycles. The van der Waals surface area contributed by atoms with Crippen LogP contribution in [0.1, 0.15) is 24.8 Å². The van der Waals surface area contributed by atoms with Crippen LogP contribution in [0.25, 0.3) is 0 Å². The molecule has 0 radical (unpaired) electrons. The van der Waals surface area contributed by atoms with Gasteiger partial charge in [0.1, 0.15) is 5.75 Å². The minimum Gasteiger partial charge on any atom is -0.497 e. The summed E-state index contributed by atoms with van der Waals surface area (Å²) in [5.74, 6) is 1.24. The molecule has 0 atom stereocenters. The molecule has 2 aromatic carbocycles. The first kappa shape index (κ1) is 14.6. The van der Waals surface area contributed by atoms with Gasteiger partial charge in [-0.05, 0) is 42.7 Å². The number of carbonyl (C=O) groups is 1. The molecule has 0 aromatic heterocycles. The van der Waals surface area contributed by atoms with Gasteiger partial charge in [0.25, 0.3) is 0 Å². The van der Waals surface area contributed by atoms with E-state index < -0.39 is 0 Å². The molecule has 0 heterocycles. The molecule has 0 aliphatic heterocycles. The van der Waals surface area contributed by atoms with E-state index in [9.17, 15) is 4.79 Å². The van der Waals surface area contributed by atoms with Crippen LogP contribution in [0.2, 0.25) is 0 Å². The zero-order valence-corrected chi connectivity index (χ0v) is 12.9. The topological polar surface area (TPSA) is 29.5 Å². The van der Waals surface area contributed by atoms with Crippen molar-refractivity contribution >= 4 is 11.6 Å². The van der Waals surface area contributed by atoms with E-state index in [0.29, 0.717) is 6.54 Å². The highest BCUT2D eigenvalue weighted by molar-refractivity contribution is 5.95. The van der Waals surface area contributed by atoms with E-state index in [4.69, 9.17) is 4.74 Å². The number of ether oxygens (including phenoxy) is 1. The number of benzene rings is 2. The van der Waals surface area contributed by atoms with Crippen molar-refractivity contribution in [1.82, 2.24) is 0 Å². The van der Waals surface area contributed by atoms with Gasteiger partial charge in [0.15, 0.2) is 0 Å². The van der Waals surface area contributed by atoms with Crippen molar-refractivity contribution < 1.29 is 9.53 Å². The number of carbonyl (C=O) groups excluding carboxylic acids is 1. The smallest absolute Gasteiger partial charge is 0.230 e. The van der Waals surface area contributed by atoms with Gasteiger partial charge in [0, 0.05) is 11.6 Å². The van der Waals surface area contributed by atoms with E-state index in [2.05, 4.69) is 0 Å². The van der Waals surface area contributed by atoms with Gasteiger partial charge in [-0.25, -0.2) is 0 Å². The molecule has 0 spiro atoms. The van der Waals surface area contributed by atoms with E-state index in [-0.39, 0.29) is 11.8 Å². The number of methoxy groups -OCH3 is 1. The highest BCUT2D eigenvalue weighted by Crippen LogP contribution is 2.31. The van der Waals surface area contributed by atoms with Crippen LogP contribution in [0.4, 0.5) is 5.69 Å². The molecule has 0 bridgehead atoms. The summed E-state index contributed by atoms with van der Waals surface area (Å²) in [6.07, 6.45) is 3.19. The second kappa shape index (κ2) is 6.65. The lowest BCUT2D eigenvalue weighted by Crippen LogP contribution is -2.38. The molecule has 1 aliphatic rings. The predicted octanol–water partition coefficient (Wildman–Crippen LogP) is 4.03. The molecule has 22 heavy (non-hydrogen) atoms. The molecule has 3 nitrogen and oxygen atoms in total. The van der Waals surface area contributed by atoms with Gasteiger partial charge in [0.05, 0.1) is 13.7 Å². The van der Waals surface area contributed by atoms with Gasteiger partial charge >= 0.3 is 0 Å². The summed E-state index contributed by atoms with van der Waals surface area (Å²) in [4.78, 5) is 14.7. The summed E-state index contributed by atoms with van der Waals surface area (Å²) < 4.78 is 5.28. The summed E-state index contributed by atoms with van der Waals surface area (Å²) in [7, 11) is 1.66. The van der Waals surface area contributed by atoms with Gasteiger partial charge in [-0.15, -0.1) is 0 Å². The molecule has 114 valence electrons. The lowest BCUT2D eigenvalue weighted by atomic mass is 9.84. The molecule has 3 rings (SSSR count). The van der Waals surface area contributed by atoms with Gasteiger partial charge in [-0.2, -0.15) is 0 Å². The maximum atomic E-state index is 12.8. The Morgan fingerprint density at radius 2 is 1.91 bits per heavy atom. The summed E-state index contributed by atoms with van der Waals surface area (Å²) in [5.41, 5.74) is 2.04. The van der Waals surface area contributed by atoms with Crippen LogP contribution in [-0.4, -0.2) is 13.0 Å². The van der Waals surface area contributed by atoms with Crippen LogP contribution in [0.15, 0.2) is 54.6 Å². The molecule has 0 N–H and O–H groups in total. The average Bonchev–Trinajstić information content (AvgIpc) is 2.52. The fourth-order valence-corrected chi connectivity index (χ4v) is 2.73. The predicted molar refractivity (Wildman–Crippen MR) is 88.0 cm³/mol. The largest absolute Gasteiger partial charge is 0.497 e. The van der Waals surface area contributed by atoms with Crippen LogP contribution in [-0.2, 0) is 11.3 Å². The van der Waals surface area contributed by atoms with Crippen LogP contribution in [0, 0.1) is 5.92 Å². The van der Waals surface area contributed by atoms with Crippen LogP contribution >= 0.6 is 0 Å². The number of hydrogen-bond acceptors (Lipinski definition) is 2. The Kier molecular flexibility index (Phi) is 4.42. The molecule has 0 unspecified atom stereocenters.